The van der Waals surface area contributed by atoms with Crippen LogP contribution in [0.1, 0.15) is 38.2 Å². The predicted octanol–water partition coefficient (Wildman–Crippen LogP) is 2.86. The molecule has 2 N–H and O–H groups in total. The van der Waals surface area contributed by atoms with Crippen LogP contribution >= 0.6 is 0 Å². The van der Waals surface area contributed by atoms with E-state index in [9.17, 15) is 4.39 Å². The molecule has 5 nitrogen and oxygen atoms in total. The second kappa shape index (κ2) is 10.0. The zero-order valence-electron chi connectivity index (χ0n) is 16.3. The van der Waals surface area contributed by atoms with E-state index in [0.29, 0.717) is 12.5 Å². The molecule has 1 saturated heterocycles. The molecule has 2 fully saturated rings. The fraction of sp³-hybridized carbons (Fsp3) is 0.667. The number of halogens is 1. The average Bonchev–Trinajstić information content (AvgIpc) is 3.29. The van der Waals surface area contributed by atoms with Crippen LogP contribution in [-0.4, -0.2) is 52.0 Å². The minimum Gasteiger partial charge on any atom is -0.381 e. The van der Waals surface area contributed by atoms with Gasteiger partial charge in [-0.25, -0.2) is 4.39 Å². The van der Waals surface area contributed by atoms with Crippen molar-refractivity contribution >= 4 is 5.96 Å². The molecule has 1 unspecified atom stereocenters. The van der Waals surface area contributed by atoms with Crippen molar-refractivity contribution in [3.63, 3.8) is 0 Å². The molecule has 0 bridgehead atoms. The van der Waals surface area contributed by atoms with E-state index < -0.39 is 0 Å². The molecule has 1 aliphatic carbocycles. The molecule has 1 aliphatic heterocycles. The highest BCUT2D eigenvalue weighted by Gasteiger charge is 2.44. The van der Waals surface area contributed by atoms with Gasteiger partial charge >= 0.3 is 0 Å². The maximum atomic E-state index is 13.5. The van der Waals surface area contributed by atoms with Crippen LogP contribution in [0.4, 0.5) is 4.39 Å². The van der Waals surface area contributed by atoms with Gasteiger partial charge in [0.15, 0.2) is 5.96 Å². The van der Waals surface area contributed by atoms with Crippen molar-refractivity contribution in [3.8, 4) is 0 Å². The Morgan fingerprint density at radius 3 is 2.96 bits per heavy atom. The Balaban J connectivity index is 1.40. The number of hydrogen-bond acceptors (Lipinski definition) is 3. The number of nitrogens with one attached hydrogen (secondary N) is 2. The SMILES string of the molecule is CCNC(=NCC1(c2cccc(F)c2)CC1)NCCCOCC1CCOC1. The highest BCUT2D eigenvalue weighted by molar-refractivity contribution is 5.79. The van der Waals surface area contributed by atoms with Gasteiger partial charge in [0.25, 0.3) is 0 Å². The summed E-state index contributed by atoms with van der Waals surface area (Å²) in [5.74, 6) is 1.22. The molecule has 1 heterocycles. The molecule has 1 aromatic rings. The van der Waals surface area contributed by atoms with Crippen LogP contribution in [0.15, 0.2) is 29.3 Å². The van der Waals surface area contributed by atoms with E-state index in [2.05, 4.69) is 17.6 Å². The molecular weight excluding hydrogens is 345 g/mol. The van der Waals surface area contributed by atoms with Crippen molar-refractivity contribution in [1.29, 1.82) is 0 Å². The topological polar surface area (TPSA) is 54.9 Å². The van der Waals surface area contributed by atoms with Crippen molar-refractivity contribution in [1.82, 2.24) is 10.6 Å². The summed E-state index contributed by atoms with van der Waals surface area (Å²) < 4.78 is 24.6. The molecule has 150 valence electrons. The molecule has 1 aromatic carbocycles. The Bertz CT molecular complexity index is 613. The zero-order valence-corrected chi connectivity index (χ0v) is 16.3. The molecule has 1 saturated carbocycles. The molecule has 1 atom stereocenters. The van der Waals surface area contributed by atoms with Crippen LogP contribution in [0.2, 0.25) is 0 Å². The van der Waals surface area contributed by atoms with Crippen molar-refractivity contribution in [2.24, 2.45) is 10.9 Å². The van der Waals surface area contributed by atoms with Crippen LogP contribution in [0.3, 0.4) is 0 Å². The summed E-state index contributed by atoms with van der Waals surface area (Å²) in [6, 6.07) is 6.94. The lowest BCUT2D eigenvalue weighted by Gasteiger charge is -2.16. The van der Waals surface area contributed by atoms with E-state index in [4.69, 9.17) is 14.5 Å². The first kappa shape index (κ1) is 20.1. The average molecular weight is 378 g/mol. The van der Waals surface area contributed by atoms with Gasteiger partial charge in [-0.15, -0.1) is 0 Å². The first-order valence-electron chi connectivity index (χ1n) is 10.2. The second-order valence-electron chi connectivity index (χ2n) is 7.57. The monoisotopic (exact) mass is 377 g/mol. The first-order valence-corrected chi connectivity index (χ1v) is 10.2. The maximum Gasteiger partial charge on any atom is 0.191 e. The van der Waals surface area contributed by atoms with E-state index in [1.165, 1.54) is 6.07 Å². The third-order valence-corrected chi connectivity index (χ3v) is 5.31. The number of ether oxygens (including phenoxy) is 2. The van der Waals surface area contributed by atoms with E-state index in [-0.39, 0.29) is 11.2 Å². The highest BCUT2D eigenvalue weighted by Crippen LogP contribution is 2.48. The van der Waals surface area contributed by atoms with Crippen molar-refractivity contribution < 1.29 is 13.9 Å². The van der Waals surface area contributed by atoms with Crippen LogP contribution < -0.4 is 10.6 Å². The maximum absolute atomic E-state index is 13.5. The molecule has 6 heteroatoms. The van der Waals surface area contributed by atoms with Gasteiger partial charge in [0.2, 0.25) is 0 Å². The summed E-state index contributed by atoms with van der Waals surface area (Å²) in [7, 11) is 0. The van der Waals surface area contributed by atoms with Gasteiger partial charge in [-0.05, 0) is 50.3 Å². The smallest absolute Gasteiger partial charge is 0.191 e. The van der Waals surface area contributed by atoms with E-state index in [1.54, 1.807) is 12.1 Å². The van der Waals surface area contributed by atoms with E-state index in [1.807, 2.05) is 6.07 Å². The Hall–Kier alpha value is -1.66. The lowest BCUT2D eigenvalue weighted by atomic mass is 9.96. The molecular formula is C21H32FN3O2. The molecule has 3 rings (SSSR count). The largest absolute Gasteiger partial charge is 0.381 e. The van der Waals surface area contributed by atoms with Crippen molar-refractivity contribution in [3.05, 3.63) is 35.6 Å². The zero-order chi connectivity index (χ0) is 19.0. The Morgan fingerprint density at radius 2 is 2.26 bits per heavy atom. The van der Waals surface area contributed by atoms with Gasteiger partial charge in [-0.3, -0.25) is 4.99 Å². The van der Waals surface area contributed by atoms with Gasteiger partial charge in [-0.1, -0.05) is 12.1 Å². The summed E-state index contributed by atoms with van der Waals surface area (Å²) in [6.45, 7) is 7.63. The fourth-order valence-electron chi connectivity index (χ4n) is 3.43. The summed E-state index contributed by atoms with van der Waals surface area (Å²) >= 11 is 0. The number of rotatable bonds is 10. The summed E-state index contributed by atoms with van der Waals surface area (Å²) in [5, 5.41) is 6.66. The van der Waals surface area contributed by atoms with Crippen LogP contribution in [0, 0.1) is 11.7 Å². The standard InChI is InChI=1S/C21H32FN3O2/c1-2-23-20(24-10-4-11-26-14-17-7-12-27-15-17)25-16-21(8-9-21)18-5-3-6-19(22)13-18/h3,5-6,13,17H,2,4,7-12,14-16H2,1H3,(H2,23,24,25). The number of guanidine groups is 1. The number of benzene rings is 1. The van der Waals surface area contributed by atoms with Gasteiger partial charge < -0.3 is 20.1 Å². The van der Waals surface area contributed by atoms with E-state index in [0.717, 1.165) is 76.7 Å². The lowest BCUT2D eigenvalue weighted by molar-refractivity contribution is 0.0888. The highest BCUT2D eigenvalue weighted by atomic mass is 19.1. The van der Waals surface area contributed by atoms with Crippen molar-refractivity contribution in [2.75, 3.05) is 46.1 Å². The molecule has 2 aliphatic rings. The van der Waals surface area contributed by atoms with Crippen LogP contribution in [0.5, 0.6) is 0 Å². The minimum atomic E-state index is -0.169. The Kier molecular flexibility index (Phi) is 7.47. The summed E-state index contributed by atoms with van der Waals surface area (Å²) in [4.78, 5) is 4.75. The first-order chi connectivity index (χ1) is 13.2. The number of aliphatic imine (C=N–C) groups is 1. The van der Waals surface area contributed by atoms with Gasteiger partial charge in [0.1, 0.15) is 5.82 Å². The summed E-state index contributed by atoms with van der Waals surface area (Å²) in [5.41, 5.74) is 1.07. The minimum absolute atomic E-state index is 0.0108. The van der Waals surface area contributed by atoms with Crippen LogP contribution in [0.25, 0.3) is 0 Å². The van der Waals surface area contributed by atoms with E-state index >= 15 is 0 Å². The Morgan fingerprint density at radius 1 is 1.37 bits per heavy atom. The molecule has 27 heavy (non-hydrogen) atoms. The van der Waals surface area contributed by atoms with Crippen LogP contribution in [-0.2, 0) is 14.9 Å². The number of nitrogens with zero attached hydrogens (tertiary/aromatic N) is 1. The van der Waals surface area contributed by atoms with Gasteiger partial charge in [-0.2, -0.15) is 0 Å². The third kappa shape index (κ3) is 6.18. The second-order valence-corrected chi connectivity index (χ2v) is 7.57. The predicted molar refractivity (Wildman–Crippen MR) is 106 cm³/mol. The van der Waals surface area contributed by atoms with Crippen molar-refractivity contribution in [2.45, 2.75) is 38.0 Å². The lowest BCUT2D eigenvalue weighted by Crippen LogP contribution is -2.38. The van der Waals surface area contributed by atoms with Gasteiger partial charge in [0.05, 0.1) is 19.8 Å². The fourth-order valence-corrected chi connectivity index (χ4v) is 3.43. The normalized spacial score (nSPS) is 21.3. The molecule has 0 amide bonds. The Labute approximate surface area is 161 Å². The molecule has 0 spiro atoms. The summed E-state index contributed by atoms with van der Waals surface area (Å²) in [6.07, 6.45) is 4.19. The molecule has 0 aromatic heterocycles. The number of hydrogen-bond donors (Lipinski definition) is 2. The quantitative estimate of drug-likeness (QED) is 0.374. The van der Waals surface area contributed by atoms with Gasteiger partial charge in [0, 0.05) is 37.6 Å². The third-order valence-electron chi connectivity index (χ3n) is 5.31. The molecule has 0 radical (unpaired) electrons.